The van der Waals surface area contributed by atoms with Gasteiger partial charge >= 0.3 is 5.97 Å². The van der Waals surface area contributed by atoms with Crippen LogP contribution >= 0.6 is 0 Å². The van der Waals surface area contributed by atoms with E-state index in [-0.39, 0.29) is 12.4 Å². The van der Waals surface area contributed by atoms with Crippen molar-refractivity contribution in [2.24, 2.45) is 0 Å². The van der Waals surface area contributed by atoms with Gasteiger partial charge in [0.05, 0.1) is 0 Å². The standard InChI is InChI=1S/C13H12FN3O2/c1-17(8-12(18)19)11-5-6-15-13(16-11)9-3-2-4-10(14)7-9/h2-7H,8H2,1H3,(H,18,19). The Morgan fingerprint density at radius 2 is 2.21 bits per heavy atom. The second-order valence-electron chi connectivity index (χ2n) is 4.00. The number of carbonyl (C=O) groups is 1. The third kappa shape index (κ3) is 3.25. The van der Waals surface area contributed by atoms with Crippen molar-refractivity contribution in [1.29, 1.82) is 0 Å². The number of benzene rings is 1. The summed E-state index contributed by atoms with van der Waals surface area (Å²) in [5, 5.41) is 8.73. The minimum Gasteiger partial charge on any atom is -0.480 e. The summed E-state index contributed by atoms with van der Waals surface area (Å²) >= 11 is 0. The molecule has 0 fully saturated rings. The summed E-state index contributed by atoms with van der Waals surface area (Å²) in [6, 6.07) is 7.53. The Kier molecular flexibility index (Phi) is 3.70. The molecule has 0 aliphatic rings. The molecule has 0 bridgehead atoms. The normalized spacial score (nSPS) is 10.2. The molecule has 1 aromatic heterocycles. The molecule has 0 saturated heterocycles. The number of hydrogen-bond acceptors (Lipinski definition) is 4. The fourth-order valence-electron chi connectivity index (χ4n) is 1.61. The first kappa shape index (κ1) is 12.9. The Labute approximate surface area is 109 Å². The number of nitrogens with zero attached hydrogens (tertiary/aromatic N) is 3. The summed E-state index contributed by atoms with van der Waals surface area (Å²) in [5.41, 5.74) is 0.547. The average Bonchev–Trinajstić information content (AvgIpc) is 2.38. The van der Waals surface area contributed by atoms with Gasteiger partial charge in [-0.3, -0.25) is 4.79 Å². The number of halogens is 1. The molecule has 2 rings (SSSR count). The molecule has 0 aliphatic heterocycles. The van der Waals surface area contributed by atoms with Crippen LogP contribution in [0.25, 0.3) is 11.4 Å². The molecular weight excluding hydrogens is 249 g/mol. The predicted octanol–water partition coefficient (Wildman–Crippen LogP) is 1.80. The zero-order valence-electron chi connectivity index (χ0n) is 10.2. The van der Waals surface area contributed by atoms with Crippen LogP contribution in [0.5, 0.6) is 0 Å². The van der Waals surface area contributed by atoms with Crippen LogP contribution < -0.4 is 4.90 Å². The fraction of sp³-hybridized carbons (Fsp3) is 0.154. The fourth-order valence-corrected chi connectivity index (χ4v) is 1.61. The van der Waals surface area contributed by atoms with Crippen LogP contribution in [0.1, 0.15) is 0 Å². The molecule has 19 heavy (non-hydrogen) atoms. The number of aromatic nitrogens is 2. The third-order valence-electron chi connectivity index (χ3n) is 2.49. The van der Waals surface area contributed by atoms with Gasteiger partial charge in [0.25, 0.3) is 0 Å². The van der Waals surface area contributed by atoms with E-state index >= 15 is 0 Å². The first-order chi connectivity index (χ1) is 9.06. The molecule has 5 nitrogen and oxygen atoms in total. The molecular formula is C13H12FN3O2. The van der Waals surface area contributed by atoms with Gasteiger partial charge in [0.2, 0.25) is 0 Å². The van der Waals surface area contributed by atoms with Crippen LogP contribution in [0.2, 0.25) is 0 Å². The number of carboxylic acids is 1. The maximum Gasteiger partial charge on any atom is 0.323 e. The Morgan fingerprint density at radius 3 is 2.89 bits per heavy atom. The highest BCUT2D eigenvalue weighted by Crippen LogP contribution is 2.18. The Hall–Kier alpha value is -2.50. The Balaban J connectivity index is 2.31. The van der Waals surface area contributed by atoms with E-state index in [1.807, 2.05) is 0 Å². The zero-order valence-corrected chi connectivity index (χ0v) is 10.2. The predicted molar refractivity (Wildman–Crippen MR) is 68.3 cm³/mol. The van der Waals surface area contributed by atoms with E-state index in [0.29, 0.717) is 17.2 Å². The van der Waals surface area contributed by atoms with Crippen molar-refractivity contribution < 1.29 is 14.3 Å². The van der Waals surface area contributed by atoms with Crippen molar-refractivity contribution in [3.05, 3.63) is 42.3 Å². The van der Waals surface area contributed by atoms with E-state index in [1.54, 1.807) is 25.2 Å². The molecule has 0 atom stereocenters. The molecule has 0 amide bonds. The maximum atomic E-state index is 13.1. The Bertz CT molecular complexity index is 604. The number of hydrogen-bond donors (Lipinski definition) is 1. The van der Waals surface area contributed by atoms with Gasteiger partial charge < -0.3 is 10.0 Å². The van der Waals surface area contributed by atoms with Gasteiger partial charge in [0.15, 0.2) is 5.82 Å². The molecule has 1 N–H and O–H groups in total. The van der Waals surface area contributed by atoms with E-state index < -0.39 is 5.97 Å². The molecule has 0 saturated carbocycles. The molecule has 0 spiro atoms. The van der Waals surface area contributed by atoms with E-state index in [4.69, 9.17) is 5.11 Å². The lowest BCUT2D eigenvalue weighted by molar-refractivity contribution is -0.135. The molecule has 1 aromatic carbocycles. The van der Waals surface area contributed by atoms with Crippen LogP contribution in [0.15, 0.2) is 36.5 Å². The second kappa shape index (κ2) is 5.43. The molecule has 1 heterocycles. The topological polar surface area (TPSA) is 66.3 Å². The minimum absolute atomic E-state index is 0.167. The van der Waals surface area contributed by atoms with Crippen molar-refractivity contribution in [2.75, 3.05) is 18.5 Å². The lowest BCUT2D eigenvalue weighted by atomic mass is 10.2. The summed E-state index contributed by atoms with van der Waals surface area (Å²) in [5.74, 6) is -0.496. The van der Waals surface area contributed by atoms with Crippen LogP contribution in [0.4, 0.5) is 10.2 Å². The van der Waals surface area contributed by atoms with E-state index in [1.165, 1.54) is 23.2 Å². The van der Waals surface area contributed by atoms with Crippen LogP contribution in [0.3, 0.4) is 0 Å². The van der Waals surface area contributed by atoms with Gasteiger partial charge in [-0.25, -0.2) is 14.4 Å². The molecule has 0 aliphatic carbocycles. The second-order valence-corrected chi connectivity index (χ2v) is 4.00. The first-order valence-electron chi connectivity index (χ1n) is 5.58. The minimum atomic E-state index is -0.951. The number of likely N-dealkylation sites (N-methyl/N-ethyl adjacent to an activating group) is 1. The van der Waals surface area contributed by atoms with Gasteiger partial charge in [-0.05, 0) is 18.2 Å². The first-order valence-corrected chi connectivity index (χ1v) is 5.58. The number of carboxylic acid groups (broad SMARTS) is 1. The number of aliphatic carboxylic acids is 1. The third-order valence-corrected chi connectivity index (χ3v) is 2.49. The summed E-state index contributed by atoms with van der Waals surface area (Å²) in [6.45, 7) is -0.167. The maximum absolute atomic E-state index is 13.1. The quantitative estimate of drug-likeness (QED) is 0.909. The summed E-state index contributed by atoms with van der Waals surface area (Å²) in [6.07, 6.45) is 1.51. The van der Waals surface area contributed by atoms with Crippen molar-refractivity contribution in [3.8, 4) is 11.4 Å². The molecule has 6 heteroatoms. The van der Waals surface area contributed by atoms with E-state index in [0.717, 1.165) is 0 Å². The summed E-state index contributed by atoms with van der Waals surface area (Å²) in [7, 11) is 1.62. The van der Waals surface area contributed by atoms with Crippen LogP contribution in [0, 0.1) is 5.82 Å². The lowest BCUT2D eigenvalue weighted by Gasteiger charge is -2.15. The highest BCUT2D eigenvalue weighted by Gasteiger charge is 2.09. The number of rotatable bonds is 4. The van der Waals surface area contributed by atoms with Crippen molar-refractivity contribution in [2.45, 2.75) is 0 Å². The number of anilines is 1. The largest absolute Gasteiger partial charge is 0.480 e. The van der Waals surface area contributed by atoms with Gasteiger partial charge in [0.1, 0.15) is 18.2 Å². The summed E-state index contributed by atoms with van der Waals surface area (Å²) in [4.78, 5) is 20.4. The van der Waals surface area contributed by atoms with Gasteiger partial charge in [-0.2, -0.15) is 0 Å². The molecule has 2 aromatic rings. The van der Waals surface area contributed by atoms with Crippen molar-refractivity contribution >= 4 is 11.8 Å². The van der Waals surface area contributed by atoms with Gasteiger partial charge in [-0.1, -0.05) is 12.1 Å². The lowest BCUT2D eigenvalue weighted by Crippen LogP contribution is -2.26. The monoisotopic (exact) mass is 261 g/mol. The van der Waals surface area contributed by atoms with Gasteiger partial charge in [-0.15, -0.1) is 0 Å². The molecule has 0 radical (unpaired) electrons. The highest BCUT2D eigenvalue weighted by molar-refractivity contribution is 5.73. The zero-order chi connectivity index (χ0) is 13.8. The smallest absolute Gasteiger partial charge is 0.323 e. The van der Waals surface area contributed by atoms with Crippen molar-refractivity contribution in [3.63, 3.8) is 0 Å². The van der Waals surface area contributed by atoms with Gasteiger partial charge in [0, 0.05) is 18.8 Å². The average molecular weight is 261 g/mol. The van der Waals surface area contributed by atoms with Crippen LogP contribution in [-0.4, -0.2) is 34.6 Å². The SMILES string of the molecule is CN(CC(=O)O)c1ccnc(-c2cccc(F)c2)n1. The molecule has 98 valence electrons. The Morgan fingerprint density at radius 1 is 1.42 bits per heavy atom. The highest BCUT2D eigenvalue weighted by atomic mass is 19.1. The summed E-state index contributed by atoms with van der Waals surface area (Å²) < 4.78 is 13.1. The van der Waals surface area contributed by atoms with Crippen LogP contribution in [-0.2, 0) is 4.79 Å². The molecule has 0 unspecified atom stereocenters. The van der Waals surface area contributed by atoms with Crippen molar-refractivity contribution in [1.82, 2.24) is 9.97 Å². The van der Waals surface area contributed by atoms with E-state index in [9.17, 15) is 9.18 Å². The van der Waals surface area contributed by atoms with E-state index in [2.05, 4.69) is 9.97 Å².